The first-order valence-corrected chi connectivity index (χ1v) is 8.00. The molecule has 110 valence electrons. The van der Waals surface area contributed by atoms with E-state index >= 15 is 0 Å². The molecule has 0 atom stereocenters. The second-order valence-corrected chi connectivity index (χ2v) is 6.11. The zero-order valence-electron chi connectivity index (χ0n) is 12.0. The summed E-state index contributed by atoms with van der Waals surface area (Å²) in [5.74, 6) is 0.261. The Morgan fingerprint density at radius 2 is 1.80 bits per heavy atom. The molecule has 2 aliphatic carbocycles. The van der Waals surface area contributed by atoms with Crippen LogP contribution in [-0.4, -0.2) is 12.1 Å². The van der Waals surface area contributed by atoms with Crippen LogP contribution in [-0.2, 0) is 6.54 Å². The maximum absolute atomic E-state index is 14.1. The molecule has 0 bridgehead atoms. The van der Waals surface area contributed by atoms with E-state index in [9.17, 15) is 4.39 Å². The highest BCUT2D eigenvalue weighted by Crippen LogP contribution is 2.29. The number of halogens is 1. The van der Waals surface area contributed by atoms with E-state index in [1.807, 2.05) is 6.07 Å². The number of hydrogen-bond acceptors (Lipinski definition) is 2. The second kappa shape index (κ2) is 6.57. The lowest BCUT2D eigenvalue weighted by Crippen LogP contribution is -2.20. The van der Waals surface area contributed by atoms with E-state index in [0.29, 0.717) is 18.3 Å². The monoisotopic (exact) mass is 277 g/mol. The highest BCUT2D eigenvalue weighted by molar-refractivity contribution is 5.35. The van der Waals surface area contributed by atoms with Crippen LogP contribution in [0.2, 0.25) is 0 Å². The fourth-order valence-electron chi connectivity index (χ4n) is 2.89. The topological polar surface area (TPSA) is 21.3 Å². The Morgan fingerprint density at radius 3 is 2.50 bits per heavy atom. The molecule has 1 aromatic rings. The molecule has 0 aliphatic heterocycles. The molecule has 0 spiro atoms. The number of benzene rings is 1. The number of ether oxygens (including phenoxy) is 1. The fourth-order valence-corrected chi connectivity index (χ4v) is 2.89. The van der Waals surface area contributed by atoms with Gasteiger partial charge in [-0.05, 0) is 44.6 Å². The molecule has 3 rings (SSSR count). The summed E-state index contributed by atoms with van der Waals surface area (Å²) in [6.07, 6.45) is 9.77. The lowest BCUT2D eigenvalue weighted by molar-refractivity contribution is 0.173. The number of nitrogens with one attached hydrogen (secondary N) is 1. The number of para-hydroxylation sites is 1. The second-order valence-electron chi connectivity index (χ2n) is 6.11. The van der Waals surface area contributed by atoms with Crippen molar-refractivity contribution in [3.8, 4) is 5.75 Å². The number of hydrogen-bond donors (Lipinski definition) is 1. The quantitative estimate of drug-likeness (QED) is 0.815. The van der Waals surface area contributed by atoms with Gasteiger partial charge in [0.15, 0.2) is 11.6 Å². The summed E-state index contributed by atoms with van der Waals surface area (Å²) in [4.78, 5) is 0. The van der Waals surface area contributed by atoms with E-state index in [4.69, 9.17) is 4.74 Å². The minimum absolute atomic E-state index is 0.189. The molecular formula is C17H24FNO. The van der Waals surface area contributed by atoms with Crippen molar-refractivity contribution >= 4 is 0 Å². The molecule has 2 nitrogen and oxygen atoms in total. The molecule has 2 saturated carbocycles. The standard InChI is InChI=1S/C17H24FNO/c18-16-9-5-6-13(12-19-14-10-11-14)17(16)20-15-7-3-1-2-4-8-15/h5-6,9,14-15,19H,1-4,7-8,10-12H2. The van der Waals surface area contributed by atoms with Crippen molar-refractivity contribution in [2.24, 2.45) is 0 Å². The summed E-state index contributed by atoms with van der Waals surface area (Å²) >= 11 is 0. The van der Waals surface area contributed by atoms with E-state index in [1.165, 1.54) is 44.6 Å². The van der Waals surface area contributed by atoms with Crippen molar-refractivity contribution in [3.63, 3.8) is 0 Å². The molecule has 0 heterocycles. The molecule has 0 unspecified atom stereocenters. The Hall–Kier alpha value is -1.09. The van der Waals surface area contributed by atoms with Crippen LogP contribution in [0.1, 0.15) is 56.9 Å². The van der Waals surface area contributed by atoms with Crippen LogP contribution < -0.4 is 10.1 Å². The highest BCUT2D eigenvalue weighted by atomic mass is 19.1. The van der Waals surface area contributed by atoms with Gasteiger partial charge in [0.25, 0.3) is 0 Å². The van der Waals surface area contributed by atoms with Crippen molar-refractivity contribution in [1.82, 2.24) is 5.32 Å². The molecule has 2 fully saturated rings. The summed E-state index contributed by atoms with van der Waals surface area (Å²) in [5.41, 5.74) is 0.959. The molecule has 1 aromatic carbocycles. The maximum Gasteiger partial charge on any atom is 0.165 e. The lowest BCUT2D eigenvalue weighted by atomic mass is 10.1. The zero-order valence-corrected chi connectivity index (χ0v) is 12.0. The van der Waals surface area contributed by atoms with Crippen LogP contribution in [0.25, 0.3) is 0 Å². The van der Waals surface area contributed by atoms with E-state index in [0.717, 1.165) is 18.4 Å². The SMILES string of the molecule is Fc1cccc(CNC2CC2)c1OC1CCCCCC1. The predicted molar refractivity (Wildman–Crippen MR) is 78.4 cm³/mol. The van der Waals surface area contributed by atoms with Gasteiger partial charge >= 0.3 is 0 Å². The van der Waals surface area contributed by atoms with Gasteiger partial charge in [-0.1, -0.05) is 25.0 Å². The third-order valence-electron chi connectivity index (χ3n) is 4.29. The van der Waals surface area contributed by atoms with Gasteiger partial charge in [-0.25, -0.2) is 4.39 Å². The first kappa shape index (κ1) is 13.9. The normalized spacial score (nSPS) is 20.6. The molecule has 2 aliphatic rings. The summed E-state index contributed by atoms with van der Waals surface area (Å²) in [7, 11) is 0. The Morgan fingerprint density at radius 1 is 1.05 bits per heavy atom. The average molecular weight is 277 g/mol. The van der Waals surface area contributed by atoms with Gasteiger partial charge in [0.1, 0.15) is 0 Å². The molecule has 1 N–H and O–H groups in total. The van der Waals surface area contributed by atoms with Crippen molar-refractivity contribution in [3.05, 3.63) is 29.6 Å². The number of rotatable bonds is 5. The van der Waals surface area contributed by atoms with Crippen molar-refractivity contribution < 1.29 is 9.13 Å². The van der Waals surface area contributed by atoms with Crippen LogP contribution in [0.4, 0.5) is 4.39 Å². The highest BCUT2D eigenvalue weighted by Gasteiger charge is 2.22. The van der Waals surface area contributed by atoms with Crippen LogP contribution >= 0.6 is 0 Å². The van der Waals surface area contributed by atoms with Crippen molar-refractivity contribution in [1.29, 1.82) is 0 Å². The van der Waals surface area contributed by atoms with Gasteiger partial charge in [0, 0.05) is 18.2 Å². The molecule has 0 radical (unpaired) electrons. The third-order valence-corrected chi connectivity index (χ3v) is 4.29. The Labute approximate surface area is 120 Å². The maximum atomic E-state index is 14.1. The zero-order chi connectivity index (χ0) is 13.8. The Bertz CT molecular complexity index is 437. The summed E-state index contributed by atoms with van der Waals surface area (Å²) in [6, 6.07) is 5.89. The summed E-state index contributed by atoms with van der Waals surface area (Å²) in [5, 5.41) is 3.44. The van der Waals surface area contributed by atoms with Crippen molar-refractivity contribution in [2.45, 2.75) is 70.1 Å². The first-order valence-electron chi connectivity index (χ1n) is 8.00. The average Bonchev–Trinajstić information content (AvgIpc) is 3.26. The van der Waals surface area contributed by atoms with Gasteiger partial charge in [-0.15, -0.1) is 0 Å². The van der Waals surface area contributed by atoms with E-state index in [2.05, 4.69) is 5.32 Å². The molecule has 0 aromatic heterocycles. The smallest absolute Gasteiger partial charge is 0.165 e. The largest absolute Gasteiger partial charge is 0.487 e. The summed E-state index contributed by atoms with van der Waals surface area (Å²) < 4.78 is 20.1. The van der Waals surface area contributed by atoms with Gasteiger partial charge < -0.3 is 10.1 Å². The van der Waals surface area contributed by atoms with Crippen molar-refractivity contribution in [2.75, 3.05) is 0 Å². The van der Waals surface area contributed by atoms with E-state index in [1.54, 1.807) is 6.07 Å². The minimum Gasteiger partial charge on any atom is -0.487 e. The fraction of sp³-hybridized carbons (Fsp3) is 0.647. The first-order chi connectivity index (χ1) is 9.83. The Balaban J connectivity index is 1.68. The van der Waals surface area contributed by atoms with Crippen LogP contribution in [0.3, 0.4) is 0 Å². The molecule has 0 amide bonds. The van der Waals surface area contributed by atoms with Crippen LogP contribution in [0, 0.1) is 5.82 Å². The Kier molecular flexibility index (Phi) is 4.56. The predicted octanol–water partition coefficient (Wildman–Crippen LogP) is 4.18. The molecule has 3 heteroatoms. The van der Waals surface area contributed by atoms with Crippen LogP contribution in [0.15, 0.2) is 18.2 Å². The van der Waals surface area contributed by atoms with Gasteiger partial charge in [0.2, 0.25) is 0 Å². The van der Waals surface area contributed by atoms with Gasteiger partial charge in [0.05, 0.1) is 6.10 Å². The third kappa shape index (κ3) is 3.72. The molecule has 20 heavy (non-hydrogen) atoms. The van der Waals surface area contributed by atoms with Gasteiger partial charge in [-0.2, -0.15) is 0 Å². The van der Waals surface area contributed by atoms with E-state index < -0.39 is 0 Å². The summed E-state index contributed by atoms with van der Waals surface area (Å²) in [6.45, 7) is 0.713. The van der Waals surface area contributed by atoms with Gasteiger partial charge in [-0.3, -0.25) is 0 Å². The van der Waals surface area contributed by atoms with Crippen LogP contribution in [0.5, 0.6) is 5.75 Å². The van der Waals surface area contributed by atoms with E-state index in [-0.39, 0.29) is 11.9 Å². The molecule has 0 saturated heterocycles. The molecular weight excluding hydrogens is 253 g/mol. The minimum atomic E-state index is -0.218. The lowest BCUT2D eigenvalue weighted by Gasteiger charge is -2.20.